The molecule has 0 saturated heterocycles. The van der Waals surface area contributed by atoms with E-state index in [-0.39, 0.29) is 5.69 Å². The van der Waals surface area contributed by atoms with Crippen LogP contribution in [0.2, 0.25) is 0 Å². The first kappa shape index (κ1) is 14.7. The molecule has 0 fully saturated rings. The lowest BCUT2D eigenvalue weighted by molar-refractivity contribution is -0.131. The Balaban J connectivity index is 2.75. The minimum atomic E-state index is -4.34. The van der Waals surface area contributed by atoms with E-state index in [1.807, 2.05) is 0 Å². The first-order valence-corrected chi connectivity index (χ1v) is 6.27. The number of nitrogens with one attached hydrogen (secondary N) is 1. The molecule has 1 aromatic rings. The van der Waals surface area contributed by atoms with Crippen molar-refractivity contribution in [1.82, 2.24) is 0 Å². The average molecular weight is 286 g/mol. The summed E-state index contributed by atoms with van der Waals surface area (Å²) < 4.78 is 70.7. The number of hydrogen-bond acceptors (Lipinski definition) is 3. The van der Waals surface area contributed by atoms with Gasteiger partial charge in [-0.05, 0) is 18.2 Å². The number of alkyl halides is 3. The molecule has 18 heavy (non-hydrogen) atoms. The minimum Gasteiger partial charge on any atom is -0.382 e. The van der Waals surface area contributed by atoms with E-state index in [0.717, 1.165) is 12.1 Å². The summed E-state index contributed by atoms with van der Waals surface area (Å²) in [5.41, 5.74) is -0.216. The lowest BCUT2D eigenvalue weighted by atomic mass is 10.3. The molecule has 0 unspecified atom stereocenters. The maximum atomic E-state index is 13.3. The summed E-state index contributed by atoms with van der Waals surface area (Å²) in [6.45, 7) is -0.505. The van der Waals surface area contributed by atoms with Gasteiger partial charge in [0.05, 0.1) is 17.0 Å². The number of sulfonamides is 1. The topological polar surface area (TPSA) is 72.2 Å². The second-order valence-corrected chi connectivity index (χ2v) is 5.04. The Morgan fingerprint density at radius 3 is 2.33 bits per heavy atom. The van der Waals surface area contributed by atoms with Gasteiger partial charge in [0.2, 0.25) is 10.0 Å². The molecule has 1 rings (SSSR count). The van der Waals surface area contributed by atoms with Crippen LogP contribution in [0.1, 0.15) is 6.42 Å². The van der Waals surface area contributed by atoms with Gasteiger partial charge in [0, 0.05) is 6.54 Å². The first-order chi connectivity index (χ1) is 8.09. The Labute approximate surface area is 101 Å². The molecular formula is C9H10F4N2O2S. The predicted molar refractivity (Wildman–Crippen MR) is 56.9 cm³/mol. The molecule has 0 aliphatic heterocycles. The number of anilines is 1. The summed E-state index contributed by atoms with van der Waals surface area (Å²) >= 11 is 0. The lowest BCUT2D eigenvalue weighted by Crippen LogP contribution is -2.16. The largest absolute Gasteiger partial charge is 0.390 e. The minimum absolute atomic E-state index is 0.216. The molecule has 0 atom stereocenters. The van der Waals surface area contributed by atoms with Crippen LogP contribution in [0, 0.1) is 5.82 Å². The van der Waals surface area contributed by atoms with Crippen molar-refractivity contribution in [2.75, 3.05) is 11.9 Å². The Bertz CT molecular complexity index is 528. The van der Waals surface area contributed by atoms with E-state index in [2.05, 4.69) is 5.32 Å². The highest BCUT2D eigenvalue weighted by atomic mass is 32.2. The summed E-state index contributed by atoms with van der Waals surface area (Å²) in [6, 6.07) is 2.67. The van der Waals surface area contributed by atoms with Crippen molar-refractivity contribution in [3.05, 3.63) is 24.0 Å². The fourth-order valence-electron chi connectivity index (χ4n) is 1.16. The van der Waals surface area contributed by atoms with Crippen LogP contribution in [-0.2, 0) is 10.0 Å². The highest BCUT2D eigenvalue weighted by molar-refractivity contribution is 7.89. The van der Waals surface area contributed by atoms with Gasteiger partial charge in [-0.25, -0.2) is 17.9 Å². The summed E-state index contributed by atoms with van der Waals surface area (Å²) in [7, 11) is -4.03. The van der Waals surface area contributed by atoms with Crippen LogP contribution in [0.4, 0.5) is 23.2 Å². The van der Waals surface area contributed by atoms with E-state index in [1.165, 1.54) is 0 Å². The van der Waals surface area contributed by atoms with E-state index in [9.17, 15) is 26.0 Å². The van der Waals surface area contributed by atoms with Gasteiger partial charge in [0.25, 0.3) is 0 Å². The Morgan fingerprint density at radius 2 is 1.89 bits per heavy atom. The van der Waals surface area contributed by atoms with Gasteiger partial charge < -0.3 is 5.32 Å². The third kappa shape index (κ3) is 4.49. The molecule has 0 amide bonds. The number of primary sulfonamides is 1. The summed E-state index contributed by atoms with van der Waals surface area (Å²) in [4.78, 5) is -0.443. The Morgan fingerprint density at radius 1 is 1.28 bits per heavy atom. The van der Waals surface area contributed by atoms with Crippen molar-refractivity contribution >= 4 is 15.7 Å². The Kier molecular flexibility index (Phi) is 4.17. The van der Waals surface area contributed by atoms with Gasteiger partial charge in [0.1, 0.15) is 5.82 Å². The smallest absolute Gasteiger partial charge is 0.382 e. The molecule has 4 nitrogen and oxygen atoms in total. The van der Waals surface area contributed by atoms with Crippen LogP contribution in [-0.4, -0.2) is 21.1 Å². The fraction of sp³-hybridized carbons (Fsp3) is 0.333. The van der Waals surface area contributed by atoms with E-state index in [0.29, 0.717) is 6.07 Å². The molecule has 0 bridgehead atoms. The van der Waals surface area contributed by atoms with Crippen LogP contribution in [0.25, 0.3) is 0 Å². The van der Waals surface area contributed by atoms with Crippen molar-refractivity contribution in [3.8, 4) is 0 Å². The summed E-state index contributed by atoms with van der Waals surface area (Å²) in [5, 5.41) is 6.99. The molecule has 0 heterocycles. The van der Waals surface area contributed by atoms with Crippen LogP contribution in [0.3, 0.4) is 0 Å². The molecule has 102 valence electrons. The quantitative estimate of drug-likeness (QED) is 0.829. The highest BCUT2D eigenvalue weighted by Gasteiger charge is 2.26. The van der Waals surface area contributed by atoms with Gasteiger partial charge in [-0.15, -0.1) is 0 Å². The maximum absolute atomic E-state index is 13.3. The van der Waals surface area contributed by atoms with Crippen molar-refractivity contribution in [2.45, 2.75) is 17.5 Å². The zero-order valence-corrected chi connectivity index (χ0v) is 9.78. The molecule has 0 aliphatic rings. The molecular weight excluding hydrogens is 276 g/mol. The molecule has 1 aromatic carbocycles. The fourth-order valence-corrected chi connectivity index (χ4v) is 1.68. The second kappa shape index (κ2) is 5.11. The molecule has 3 N–H and O–H groups in total. The second-order valence-electron chi connectivity index (χ2n) is 3.48. The standard InChI is InChI=1S/C9H10F4N2O2S/c10-7-5-6(18(14,16)17)1-2-8(7)15-4-3-9(11,12)13/h1-2,5,15H,3-4H2,(H2,14,16,17). The molecule has 0 aliphatic carbocycles. The molecule has 0 saturated carbocycles. The van der Waals surface area contributed by atoms with Crippen molar-refractivity contribution in [3.63, 3.8) is 0 Å². The Hall–Kier alpha value is -1.35. The monoisotopic (exact) mass is 286 g/mol. The number of rotatable bonds is 4. The van der Waals surface area contributed by atoms with Gasteiger partial charge in [-0.3, -0.25) is 0 Å². The van der Waals surface area contributed by atoms with Crippen LogP contribution in [0.5, 0.6) is 0 Å². The number of halogens is 4. The van der Waals surface area contributed by atoms with Crippen molar-refractivity contribution in [1.29, 1.82) is 0 Å². The van der Waals surface area contributed by atoms with Gasteiger partial charge in [-0.1, -0.05) is 0 Å². The predicted octanol–water partition coefficient (Wildman–Crippen LogP) is 1.84. The average Bonchev–Trinajstić information content (AvgIpc) is 2.17. The molecule has 9 heteroatoms. The van der Waals surface area contributed by atoms with Crippen molar-refractivity contribution < 1.29 is 26.0 Å². The van der Waals surface area contributed by atoms with Gasteiger partial charge >= 0.3 is 6.18 Å². The van der Waals surface area contributed by atoms with Crippen LogP contribution in [0.15, 0.2) is 23.1 Å². The lowest BCUT2D eigenvalue weighted by Gasteiger charge is -2.10. The zero-order chi connectivity index (χ0) is 14.0. The third-order valence-corrected chi connectivity index (χ3v) is 2.90. The van der Waals surface area contributed by atoms with Gasteiger partial charge in [-0.2, -0.15) is 13.2 Å². The maximum Gasteiger partial charge on any atom is 0.390 e. The molecule has 0 radical (unpaired) electrons. The normalized spacial score (nSPS) is 12.5. The summed E-state index contributed by atoms with van der Waals surface area (Å²) in [6.07, 6.45) is -5.46. The SMILES string of the molecule is NS(=O)(=O)c1ccc(NCCC(F)(F)F)c(F)c1. The third-order valence-electron chi connectivity index (χ3n) is 1.99. The van der Waals surface area contributed by atoms with E-state index >= 15 is 0 Å². The van der Waals surface area contributed by atoms with Crippen LogP contribution >= 0.6 is 0 Å². The number of hydrogen-bond donors (Lipinski definition) is 2. The van der Waals surface area contributed by atoms with E-state index in [1.54, 1.807) is 0 Å². The molecule has 0 aromatic heterocycles. The summed E-state index contributed by atoms with van der Waals surface area (Å²) in [5.74, 6) is -0.983. The molecule has 0 spiro atoms. The zero-order valence-electron chi connectivity index (χ0n) is 8.96. The highest BCUT2D eigenvalue weighted by Crippen LogP contribution is 2.21. The van der Waals surface area contributed by atoms with Crippen molar-refractivity contribution in [2.24, 2.45) is 5.14 Å². The van der Waals surface area contributed by atoms with E-state index < -0.39 is 39.9 Å². The van der Waals surface area contributed by atoms with Gasteiger partial charge in [0.15, 0.2) is 0 Å². The van der Waals surface area contributed by atoms with E-state index in [4.69, 9.17) is 5.14 Å². The number of benzene rings is 1. The number of nitrogens with two attached hydrogens (primary N) is 1. The van der Waals surface area contributed by atoms with Crippen LogP contribution < -0.4 is 10.5 Å². The first-order valence-electron chi connectivity index (χ1n) is 4.72.